The van der Waals surface area contributed by atoms with Gasteiger partial charge in [0.2, 0.25) is 0 Å². The minimum Gasteiger partial charge on any atom is -0.444 e. The van der Waals surface area contributed by atoms with E-state index in [1.165, 1.54) is 0 Å². The largest absolute Gasteiger partial charge is 0.444 e. The van der Waals surface area contributed by atoms with Crippen LogP contribution < -0.4 is 0 Å². The third kappa shape index (κ3) is 3.94. The van der Waals surface area contributed by atoms with Gasteiger partial charge in [-0.1, -0.05) is 24.3 Å². The molecule has 1 aromatic rings. The van der Waals surface area contributed by atoms with Gasteiger partial charge in [-0.2, -0.15) is 13.2 Å². The van der Waals surface area contributed by atoms with Gasteiger partial charge in [-0.3, -0.25) is 0 Å². The lowest BCUT2D eigenvalue weighted by atomic mass is 9.74. The average molecular weight is 383 g/mol. The summed E-state index contributed by atoms with van der Waals surface area (Å²) in [6.07, 6.45) is -2.64. The molecule has 2 fully saturated rings. The third-order valence-electron chi connectivity index (χ3n) is 5.73. The van der Waals surface area contributed by atoms with E-state index in [0.29, 0.717) is 12.1 Å². The minimum atomic E-state index is -4.19. The fourth-order valence-electron chi connectivity index (χ4n) is 3.92. The van der Waals surface area contributed by atoms with E-state index in [9.17, 15) is 18.0 Å². The van der Waals surface area contributed by atoms with E-state index in [2.05, 4.69) is 0 Å². The molecule has 3 rings (SSSR count). The molecule has 0 atom stereocenters. The topological polar surface area (TPSA) is 29.5 Å². The molecule has 150 valence electrons. The highest BCUT2D eigenvalue weighted by atomic mass is 19.4. The molecule has 0 spiro atoms. The molecule has 1 aromatic carbocycles. The Labute approximate surface area is 158 Å². The minimum absolute atomic E-state index is 0.0796. The van der Waals surface area contributed by atoms with Gasteiger partial charge in [0.1, 0.15) is 5.60 Å². The van der Waals surface area contributed by atoms with E-state index >= 15 is 0 Å². The number of alkyl halides is 3. The van der Waals surface area contributed by atoms with E-state index in [4.69, 9.17) is 4.74 Å². The second kappa shape index (κ2) is 6.71. The van der Waals surface area contributed by atoms with Crippen molar-refractivity contribution in [1.82, 2.24) is 4.90 Å². The standard InChI is InChI=1S/C21H28F3NO2/c1-5-25(18(26)27-19(2,3)4)17-12-15(13-17)14-7-6-8-16(11-14)20(9-10-20)21(22,23)24/h6-8,11,15,17H,5,9-10,12-13H2,1-4H3. The summed E-state index contributed by atoms with van der Waals surface area (Å²) in [6, 6.07) is 7.04. The van der Waals surface area contributed by atoms with E-state index < -0.39 is 17.2 Å². The molecule has 0 aromatic heterocycles. The second-order valence-corrected chi connectivity index (χ2v) is 8.79. The van der Waals surface area contributed by atoms with Gasteiger partial charge in [0.15, 0.2) is 0 Å². The van der Waals surface area contributed by atoms with Crippen LogP contribution in [0.3, 0.4) is 0 Å². The Bertz CT molecular complexity index is 698. The first-order chi connectivity index (χ1) is 12.5. The van der Waals surface area contributed by atoms with E-state index in [1.807, 2.05) is 33.8 Å². The van der Waals surface area contributed by atoms with Crippen molar-refractivity contribution in [3.63, 3.8) is 0 Å². The molecule has 6 heteroatoms. The van der Waals surface area contributed by atoms with Gasteiger partial charge in [-0.15, -0.1) is 0 Å². The lowest BCUT2D eigenvalue weighted by molar-refractivity contribution is -0.160. The predicted molar refractivity (Wildman–Crippen MR) is 97.8 cm³/mol. The van der Waals surface area contributed by atoms with Crippen molar-refractivity contribution >= 4 is 6.09 Å². The fraction of sp³-hybridized carbons (Fsp3) is 0.667. The van der Waals surface area contributed by atoms with Gasteiger partial charge in [0.25, 0.3) is 0 Å². The van der Waals surface area contributed by atoms with Crippen LogP contribution in [0.5, 0.6) is 0 Å². The summed E-state index contributed by atoms with van der Waals surface area (Å²) >= 11 is 0. The molecule has 0 radical (unpaired) electrons. The maximum atomic E-state index is 13.4. The predicted octanol–water partition coefficient (Wildman–Crippen LogP) is 5.78. The van der Waals surface area contributed by atoms with Crippen LogP contribution in [0.25, 0.3) is 0 Å². The summed E-state index contributed by atoms with van der Waals surface area (Å²) in [5.41, 5.74) is -0.856. The van der Waals surface area contributed by atoms with Crippen molar-refractivity contribution in [2.75, 3.05) is 6.54 Å². The molecule has 3 nitrogen and oxygen atoms in total. The first-order valence-electron chi connectivity index (χ1n) is 9.63. The van der Waals surface area contributed by atoms with Gasteiger partial charge < -0.3 is 9.64 Å². The first kappa shape index (κ1) is 20.0. The van der Waals surface area contributed by atoms with Crippen LogP contribution in [-0.4, -0.2) is 35.4 Å². The molecule has 0 heterocycles. The number of amides is 1. The number of rotatable bonds is 4. The molecule has 0 bridgehead atoms. The average Bonchev–Trinajstić information content (AvgIpc) is 3.30. The van der Waals surface area contributed by atoms with Crippen molar-refractivity contribution in [3.8, 4) is 0 Å². The second-order valence-electron chi connectivity index (χ2n) is 8.79. The number of carbonyl (C=O) groups excluding carboxylic acids is 1. The Balaban J connectivity index is 1.66. The van der Waals surface area contributed by atoms with Crippen LogP contribution in [0.15, 0.2) is 24.3 Å². The van der Waals surface area contributed by atoms with Crippen LogP contribution in [-0.2, 0) is 10.2 Å². The van der Waals surface area contributed by atoms with Gasteiger partial charge >= 0.3 is 12.3 Å². The summed E-state index contributed by atoms with van der Waals surface area (Å²) in [5.74, 6) is 0.190. The maximum absolute atomic E-state index is 13.4. The summed E-state index contributed by atoms with van der Waals surface area (Å²) in [5, 5.41) is 0. The molecule has 0 aliphatic heterocycles. The SMILES string of the molecule is CCN(C(=O)OC(C)(C)C)C1CC(c2cccc(C3(C(F)(F)F)CC3)c2)C1. The Morgan fingerprint density at radius 2 is 1.85 bits per heavy atom. The highest BCUT2D eigenvalue weighted by Gasteiger charge is 2.64. The van der Waals surface area contributed by atoms with Gasteiger partial charge in [-0.05, 0) is 70.4 Å². The van der Waals surface area contributed by atoms with E-state index in [0.717, 1.165) is 18.4 Å². The van der Waals surface area contributed by atoms with Gasteiger partial charge in [0.05, 0.1) is 5.41 Å². The number of halogens is 3. The molecule has 2 aliphatic carbocycles. The normalized spacial score (nSPS) is 24.1. The summed E-state index contributed by atoms with van der Waals surface area (Å²) in [4.78, 5) is 14.1. The van der Waals surface area contributed by atoms with E-state index in [1.54, 1.807) is 23.1 Å². The smallest absolute Gasteiger partial charge is 0.410 e. The molecule has 1 amide bonds. The maximum Gasteiger partial charge on any atom is 0.410 e. The van der Waals surface area contributed by atoms with Crippen molar-refractivity contribution in [2.45, 2.75) is 82.5 Å². The zero-order valence-electron chi connectivity index (χ0n) is 16.4. The molecular formula is C21H28F3NO2. The van der Waals surface area contributed by atoms with Crippen LogP contribution in [0.2, 0.25) is 0 Å². The number of benzene rings is 1. The Hall–Kier alpha value is -1.72. The number of ether oxygens (including phenoxy) is 1. The van der Waals surface area contributed by atoms with Crippen LogP contribution in [0.4, 0.5) is 18.0 Å². The Morgan fingerprint density at radius 1 is 1.22 bits per heavy atom. The van der Waals surface area contributed by atoms with Gasteiger partial charge in [0, 0.05) is 12.6 Å². The number of nitrogens with zero attached hydrogens (tertiary/aromatic N) is 1. The molecule has 27 heavy (non-hydrogen) atoms. The van der Waals surface area contributed by atoms with Crippen molar-refractivity contribution in [2.24, 2.45) is 0 Å². The van der Waals surface area contributed by atoms with Crippen LogP contribution in [0, 0.1) is 0 Å². The molecule has 0 unspecified atom stereocenters. The fourth-order valence-corrected chi connectivity index (χ4v) is 3.92. The molecule has 0 N–H and O–H groups in total. The Morgan fingerprint density at radius 3 is 2.33 bits per heavy atom. The van der Waals surface area contributed by atoms with Gasteiger partial charge in [-0.25, -0.2) is 4.79 Å². The van der Waals surface area contributed by atoms with Crippen molar-refractivity contribution in [1.29, 1.82) is 0 Å². The summed E-state index contributed by atoms with van der Waals surface area (Å²) in [7, 11) is 0. The summed E-state index contributed by atoms with van der Waals surface area (Å²) < 4.78 is 45.6. The van der Waals surface area contributed by atoms with Crippen molar-refractivity contribution in [3.05, 3.63) is 35.4 Å². The highest BCUT2D eigenvalue weighted by molar-refractivity contribution is 5.68. The number of hydrogen-bond acceptors (Lipinski definition) is 2. The molecule has 2 aliphatic rings. The lowest BCUT2D eigenvalue weighted by Gasteiger charge is -2.43. The van der Waals surface area contributed by atoms with E-state index in [-0.39, 0.29) is 30.9 Å². The summed E-state index contributed by atoms with van der Waals surface area (Å²) in [6.45, 7) is 7.98. The number of hydrogen-bond donors (Lipinski definition) is 0. The molecule has 0 saturated heterocycles. The molecular weight excluding hydrogens is 355 g/mol. The first-order valence-corrected chi connectivity index (χ1v) is 9.63. The monoisotopic (exact) mass is 383 g/mol. The zero-order chi connectivity index (χ0) is 20.0. The van der Waals surface area contributed by atoms with Crippen molar-refractivity contribution < 1.29 is 22.7 Å². The zero-order valence-corrected chi connectivity index (χ0v) is 16.4. The van der Waals surface area contributed by atoms with Crippen LogP contribution >= 0.6 is 0 Å². The third-order valence-corrected chi connectivity index (χ3v) is 5.73. The molecule has 2 saturated carbocycles. The Kier molecular flexibility index (Phi) is 4.98. The lowest BCUT2D eigenvalue weighted by Crippen LogP contribution is -2.48. The quantitative estimate of drug-likeness (QED) is 0.659. The van der Waals surface area contributed by atoms with Crippen LogP contribution in [0.1, 0.15) is 70.4 Å². The number of carbonyl (C=O) groups is 1. The highest BCUT2D eigenvalue weighted by Crippen LogP contribution is 2.59.